The van der Waals surface area contributed by atoms with Crippen LogP contribution in [-0.2, 0) is 0 Å². The Balaban J connectivity index is 1.70. The highest BCUT2D eigenvalue weighted by Crippen LogP contribution is 2.35. The Hall–Kier alpha value is -2.21. The van der Waals surface area contributed by atoms with E-state index in [-0.39, 0.29) is 12.1 Å². The largest absolute Gasteiger partial charge is 0.480 e. The zero-order valence-corrected chi connectivity index (χ0v) is 13.0. The Morgan fingerprint density at radius 3 is 3.05 bits per heavy atom. The highest BCUT2D eigenvalue weighted by Gasteiger charge is 2.22. The second-order valence-electron chi connectivity index (χ2n) is 4.89. The minimum Gasteiger partial charge on any atom is -0.480 e. The van der Waals surface area contributed by atoms with Crippen molar-refractivity contribution >= 4 is 23.5 Å². The molecular weight excluding hydrogens is 298 g/mol. The lowest BCUT2D eigenvalue weighted by Crippen LogP contribution is -2.34. The zero-order valence-electron chi connectivity index (χ0n) is 12.2. The fourth-order valence-electron chi connectivity index (χ4n) is 2.46. The summed E-state index contributed by atoms with van der Waals surface area (Å²) in [4.78, 5) is 17.5. The first-order valence-corrected chi connectivity index (χ1v) is 8.04. The molecule has 2 aromatic rings. The number of thioether (sulfide) groups is 1. The van der Waals surface area contributed by atoms with Crippen LogP contribution in [0.5, 0.6) is 5.88 Å². The predicted octanol–water partition coefficient (Wildman–Crippen LogP) is 3.45. The third kappa shape index (κ3) is 3.17. The number of ether oxygens (including phenoxy) is 1. The van der Waals surface area contributed by atoms with Crippen molar-refractivity contribution in [3.05, 3.63) is 48.2 Å². The van der Waals surface area contributed by atoms with Crippen molar-refractivity contribution in [2.75, 3.05) is 18.2 Å². The van der Waals surface area contributed by atoms with Crippen LogP contribution in [0.4, 0.5) is 10.5 Å². The van der Waals surface area contributed by atoms with E-state index in [1.807, 2.05) is 23.9 Å². The summed E-state index contributed by atoms with van der Waals surface area (Å²) in [7, 11) is 1.53. The first-order chi connectivity index (χ1) is 10.8. The molecule has 1 aliphatic heterocycles. The van der Waals surface area contributed by atoms with Gasteiger partial charge in [-0.2, -0.15) is 0 Å². The number of aromatic nitrogens is 1. The second kappa shape index (κ2) is 6.70. The number of benzene rings is 1. The highest BCUT2D eigenvalue weighted by atomic mass is 32.2. The molecule has 1 atom stereocenters. The van der Waals surface area contributed by atoms with E-state index in [9.17, 15) is 4.79 Å². The lowest BCUT2D eigenvalue weighted by Gasteiger charge is -2.26. The molecule has 0 aliphatic carbocycles. The lowest BCUT2D eigenvalue weighted by atomic mass is 10.0. The van der Waals surface area contributed by atoms with Gasteiger partial charge in [0.25, 0.3) is 0 Å². The number of nitrogens with zero attached hydrogens (tertiary/aromatic N) is 1. The van der Waals surface area contributed by atoms with Crippen molar-refractivity contribution < 1.29 is 9.53 Å². The summed E-state index contributed by atoms with van der Waals surface area (Å²) in [5.41, 5.74) is 1.73. The predicted molar refractivity (Wildman–Crippen MR) is 87.5 cm³/mol. The van der Waals surface area contributed by atoms with E-state index >= 15 is 0 Å². The Bertz CT molecular complexity index is 678. The molecule has 1 aromatic heterocycles. The number of carbonyl (C=O) groups is 1. The van der Waals surface area contributed by atoms with E-state index in [1.54, 1.807) is 18.3 Å². The monoisotopic (exact) mass is 315 g/mol. The molecule has 0 saturated heterocycles. The van der Waals surface area contributed by atoms with E-state index in [0.717, 1.165) is 12.2 Å². The summed E-state index contributed by atoms with van der Waals surface area (Å²) < 4.78 is 5.14. The number of anilines is 1. The van der Waals surface area contributed by atoms with Crippen LogP contribution in [0.25, 0.3) is 0 Å². The zero-order chi connectivity index (χ0) is 15.4. The molecule has 0 radical (unpaired) electrons. The van der Waals surface area contributed by atoms with Crippen LogP contribution >= 0.6 is 11.8 Å². The second-order valence-corrected chi connectivity index (χ2v) is 6.02. The Labute approximate surface area is 133 Å². The van der Waals surface area contributed by atoms with Crippen LogP contribution in [-0.4, -0.2) is 23.9 Å². The molecule has 3 rings (SSSR count). The van der Waals surface area contributed by atoms with Crippen LogP contribution in [0.1, 0.15) is 18.0 Å². The maximum atomic E-state index is 12.2. The Morgan fingerprint density at radius 1 is 1.32 bits per heavy atom. The SMILES string of the molecule is COc1ncccc1NC(=O)N[C@H]1CCSc2ccccc21. The van der Waals surface area contributed by atoms with E-state index in [4.69, 9.17) is 4.74 Å². The van der Waals surface area contributed by atoms with Gasteiger partial charge in [0, 0.05) is 16.8 Å². The standard InChI is InChI=1S/C16H17N3O2S/c1-21-15-13(6-4-9-17-15)19-16(20)18-12-8-10-22-14-7-3-2-5-11(12)14/h2-7,9,12H,8,10H2,1H3,(H2,18,19,20)/t12-/m0/s1. The van der Waals surface area contributed by atoms with E-state index in [1.165, 1.54) is 17.6 Å². The van der Waals surface area contributed by atoms with E-state index in [0.29, 0.717) is 11.6 Å². The first-order valence-electron chi connectivity index (χ1n) is 7.06. The van der Waals surface area contributed by atoms with Crippen molar-refractivity contribution in [2.24, 2.45) is 0 Å². The molecule has 2 amide bonds. The van der Waals surface area contributed by atoms with Gasteiger partial charge in [-0.1, -0.05) is 18.2 Å². The van der Waals surface area contributed by atoms with Crippen LogP contribution in [0.15, 0.2) is 47.5 Å². The molecule has 5 nitrogen and oxygen atoms in total. The molecule has 2 N–H and O–H groups in total. The summed E-state index contributed by atoms with van der Waals surface area (Å²) in [5.74, 6) is 1.40. The van der Waals surface area contributed by atoms with Crippen molar-refractivity contribution in [1.82, 2.24) is 10.3 Å². The number of pyridine rings is 1. The van der Waals surface area contributed by atoms with Gasteiger partial charge in [-0.25, -0.2) is 9.78 Å². The number of methoxy groups -OCH3 is 1. The lowest BCUT2D eigenvalue weighted by molar-refractivity contribution is 0.248. The highest BCUT2D eigenvalue weighted by molar-refractivity contribution is 7.99. The molecular formula is C16H17N3O2S. The molecule has 0 unspecified atom stereocenters. The fourth-order valence-corrected chi connectivity index (χ4v) is 3.58. The van der Waals surface area contributed by atoms with Crippen LogP contribution in [0, 0.1) is 0 Å². The molecule has 114 valence electrons. The van der Waals surface area contributed by atoms with E-state index in [2.05, 4.69) is 27.8 Å². The molecule has 0 spiro atoms. The molecule has 1 aliphatic rings. The minimum atomic E-state index is -0.252. The van der Waals surface area contributed by atoms with Crippen LogP contribution in [0.3, 0.4) is 0 Å². The molecule has 0 bridgehead atoms. The molecule has 2 heterocycles. The van der Waals surface area contributed by atoms with Crippen LogP contribution < -0.4 is 15.4 Å². The average molecular weight is 315 g/mol. The maximum absolute atomic E-state index is 12.2. The fraction of sp³-hybridized carbons (Fsp3) is 0.250. The van der Waals surface area contributed by atoms with Gasteiger partial charge in [0.1, 0.15) is 5.69 Å². The number of carbonyl (C=O) groups excluding carboxylic acids is 1. The number of urea groups is 1. The third-order valence-corrected chi connectivity index (χ3v) is 4.60. The summed E-state index contributed by atoms with van der Waals surface area (Å²) >= 11 is 1.83. The number of rotatable bonds is 3. The molecule has 22 heavy (non-hydrogen) atoms. The number of hydrogen-bond donors (Lipinski definition) is 2. The normalized spacial score (nSPS) is 16.5. The van der Waals surface area contributed by atoms with Gasteiger partial charge in [0.05, 0.1) is 13.2 Å². The smallest absolute Gasteiger partial charge is 0.319 e. The maximum Gasteiger partial charge on any atom is 0.319 e. The van der Waals surface area contributed by atoms with Gasteiger partial charge in [-0.15, -0.1) is 11.8 Å². The number of nitrogens with one attached hydrogen (secondary N) is 2. The molecule has 0 saturated carbocycles. The molecule has 1 aromatic carbocycles. The van der Waals surface area contributed by atoms with Crippen molar-refractivity contribution in [3.63, 3.8) is 0 Å². The van der Waals surface area contributed by atoms with Gasteiger partial charge in [0.15, 0.2) is 0 Å². The summed E-state index contributed by atoms with van der Waals surface area (Å²) in [6, 6.07) is 11.5. The van der Waals surface area contributed by atoms with Crippen LogP contribution in [0.2, 0.25) is 0 Å². The summed E-state index contributed by atoms with van der Waals surface area (Å²) in [6.45, 7) is 0. The van der Waals surface area contributed by atoms with Crippen molar-refractivity contribution in [1.29, 1.82) is 0 Å². The number of amides is 2. The van der Waals surface area contributed by atoms with Crippen molar-refractivity contribution in [2.45, 2.75) is 17.4 Å². The average Bonchev–Trinajstić information content (AvgIpc) is 2.55. The van der Waals surface area contributed by atoms with Gasteiger partial charge < -0.3 is 15.4 Å². The Morgan fingerprint density at radius 2 is 2.18 bits per heavy atom. The quantitative estimate of drug-likeness (QED) is 0.910. The molecule has 6 heteroatoms. The van der Waals surface area contributed by atoms with Gasteiger partial charge in [-0.3, -0.25) is 0 Å². The van der Waals surface area contributed by atoms with Crippen molar-refractivity contribution in [3.8, 4) is 5.88 Å². The first kappa shape index (κ1) is 14.7. The summed E-state index contributed by atoms with van der Waals surface area (Å²) in [5, 5.41) is 5.82. The number of hydrogen-bond acceptors (Lipinski definition) is 4. The van der Waals surface area contributed by atoms with Gasteiger partial charge in [-0.05, 0) is 30.2 Å². The molecule has 0 fully saturated rings. The topological polar surface area (TPSA) is 63.2 Å². The summed E-state index contributed by atoms with van der Waals surface area (Å²) in [6.07, 6.45) is 2.54. The minimum absolute atomic E-state index is 0.0279. The van der Waals surface area contributed by atoms with E-state index < -0.39 is 0 Å². The Kier molecular flexibility index (Phi) is 4.48. The number of fused-ring (bicyclic) bond motifs is 1. The third-order valence-electron chi connectivity index (χ3n) is 3.48. The van der Waals surface area contributed by atoms with Gasteiger partial charge in [0.2, 0.25) is 5.88 Å². The van der Waals surface area contributed by atoms with Gasteiger partial charge >= 0.3 is 6.03 Å².